The maximum atomic E-state index is 13.0. The van der Waals surface area contributed by atoms with Crippen molar-refractivity contribution in [3.05, 3.63) is 93.3 Å². The molecular weight excluding hydrogens is 637 g/mol. The first-order valence-electron chi connectivity index (χ1n) is 20.9. The summed E-state index contributed by atoms with van der Waals surface area (Å²) in [6, 6.07) is 15.1. The number of benzene rings is 2. The van der Waals surface area contributed by atoms with Crippen LogP contribution in [0.2, 0.25) is 0 Å². The average Bonchev–Trinajstić information content (AvgIpc) is 3.98. The van der Waals surface area contributed by atoms with Crippen molar-refractivity contribution >= 4 is 5.91 Å². The lowest BCUT2D eigenvalue weighted by atomic mass is 9.99. The number of nitrogens with one attached hydrogen (secondary N) is 3. The smallest absolute Gasteiger partial charge is 0.243 e. The summed E-state index contributed by atoms with van der Waals surface area (Å²) in [6.07, 6.45) is 16.0. The molecule has 3 N–H and O–H groups in total. The second-order valence-electron chi connectivity index (χ2n) is 14.8. The standard InChI is InChI=1S/C27H44N4O.C11H16.C6H14.C3H8/c1-6-12-21-13-9-10-14-22(21)15-11-18-28-27(32)26(20-31(4)5)30-25(23-16-17-23)19-29-24(7-2)8-3;1-4-5-11-7-6-9(2)8-10(11)3;1-4-6(3)5-2;1-3-2/h7,9-10,13-14,26,29-30H,6,8,11-12,15-20H2,1-5H3,(H,28,32);6-8H,4-5H2,1-3H3;6H,4-5H2,1-3H3;3H2,1-2H3. The summed E-state index contributed by atoms with van der Waals surface area (Å²) < 4.78 is 0. The van der Waals surface area contributed by atoms with E-state index in [1.54, 1.807) is 0 Å². The van der Waals surface area contributed by atoms with Gasteiger partial charge in [0.25, 0.3) is 0 Å². The number of carbonyl (C=O) groups excluding carboxylic acids is 1. The number of nitrogens with zero attached hydrogens (tertiary/aromatic N) is 1. The van der Waals surface area contributed by atoms with Crippen LogP contribution in [0.4, 0.5) is 0 Å². The third kappa shape index (κ3) is 22.8. The van der Waals surface area contributed by atoms with Gasteiger partial charge in [0, 0.05) is 24.5 Å². The van der Waals surface area contributed by atoms with E-state index in [-0.39, 0.29) is 11.9 Å². The van der Waals surface area contributed by atoms with Crippen LogP contribution in [-0.4, -0.2) is 50.6 Å². The number of hydrogen-bond acceptors (Lipinski definition) is 4. The zero-order valence-corrected chi connectivity index (χ0v) is 36.2. The minimum Gasteiger partial charge on any atom is -0.383 e. The molecule has 0 radical (unpaired) electrons. The van der Waals surface area contributed by atoms with Crippen LogP contribution < -0.4 is 16.0 Å². The molecule has 52 heavy (non-hydrogen) atoms. The fraction of sp³-hybridized carbons (Fsp3) is 0.638. The van der Waals surface area contributed by atoms with Crippen LogP contribution in [0.3, 0.4) is 0 Å². The minimum atomic E-state index is -0.252. The van der Waals surface area contributed by atoms with Crippen molar-refractivity contribution in [3.8, 4) is 0 Å². The molecule has 2 aromatic rings. The Labute approximate surface area is 322 Å². The van der Waals surface area contributed by atoms with Gasteiger partial charge in [0.2, 0.25) is 5.91 Å². The van der Waals surface area contributed by atoms with Gasteiger partial charge in [0.15, 0.2) is 0 Å². The number of likely N-dealkylation sites (N-methyl/N-ethyl adjacent to an activating group) is 1. The number of hydrogen-bond donors (Lipinski definition) is 3. The van der Waals surface area contributed by atoms with Gasteiger partial charge in [-0.3, -0.25) is 4.79 Å². The highest BCUT2D eigenvalue weighted by Crippen LogP contribution is 2.30. The third-order valence-electron chi connectivity index (χ3n) is 9.33. The summed E-state index contributed by atoms with van der Waals surface area (Å²) >= 11 is 0. The van der Waals surface area contributed by atoms with Gasteiger partial charge in [-0.25, -0.2) is 0 Å². The maximum Gasteiger partial charge on any atom is 0.243 e. The molecule has 0 heterocycles. The first kappa shape index (κ1) is 49.0. The quantitative estimate of drug-likeness (QED) is 0.127. The number of amides is 1. The Kier molecular flexibility index (Phi) is 28.6. The largest absolute Gasteiger partial charge is 0.383 e. The van der Waals surface area contributed by atoms with Crippen molar-refractivity contribution in [2.75, 3.05) is 33.7 Å². The molecule has 0 spiro atoms. The van der Waals surface area contributed by atoms with E-state index in [4.69, 9.17) is 0 Å². The molecular formula is C47H82N4O. The van der Waals surface area contributed by atoms with Crippen molar-refractivity contribution in [1.82, 2.24) is 20.9 Å². The van der Waals surface area contributed by atoms with E-state index < -0.39 is 0 Å². The number of allylic oxidation sites excluding steroid dienone is 3. The van der Waals surface area contributed by atoms with Gasteiger partial charge >= 0.3 is 0 Å². The summed E-state index contributed by atoms with van der Waals surface area (Å²) in [4.78, 5) is 15.1. The fourth-order valence-corrected chi connectivity index (χ4v) is 5.66. The summed E-state index contributed by atoms with van der Waals surface area (Å²) in [5, 5.41) is 10.3. The Morgan fingerprint density at radius 3 is 1.87 bits per heavy atom. The normalized spacial score (nSPS) is 12.4. The minimum absolute atomic E-state index is 0.0843. The molecule has 1 aliphatic carbocycles. The number of carbonyl (C=O) groups is 1. The summed E-state index contributed by atoms with van der Waals surface area (Å²) in [6.45, 7) is 26.1. The Bertz CT molecular complexity index is 1270. The topological polar surface area (TPSA) is 56.4 Å². The SMILES string of the molecule is CC=C(CC)NCC(NC(CN(C)C)C(=O)NCCCc1ccccc1CCC)=C1CC1.CCC.CCC(C)CC.CCCc1ccc(C)cc1C. The lowest BCUT2D eigenvalue weighted by molar-refractivity contribution is -0.123. The Balaban J connectivity index is 0.00000105. The summed E-state index contributed by atoms with van der Waals surface area (Å²) in [5.74, 6) is 1.02. The van der Waals surface area contributed by atoms with Crippen molar-refractivity contribution in [1.29, 1.82) is 0 Å². The molecule has 0 aromatic heterocycles. The highest BCUT2D eigenvalue weighted by atomic mass is 16.2. The van der Waals surface area contributed by atoms with Gasteiger partial charge in [-0.1, -0.05) is 142 Å². The van der Waals surface area contributed by atoms with Crippen molar-refractivity contribution < 1.29 is 4.79 Å². The number of rotatable bonds is 19. The zero-order chi connectivity index (χ0) is 39.3. The maximum absolute atomic E-state index is 13.0. The number of aryl methyl sites for hydroxylation is 5. The molecule has 1 amide bonds. The van der Waals surface area contributed by atoms with Crippen LogP contribution in [0.1, 0.15) is 148 Å². The van der Waals surface area contributed by atoms with E-state index in [1.165, 1.54) is 76.9 Å². The lowest BCUT2D eigenvalue weighted by Crippen LogP contribution is -2.50. The van der Waals surface area contributed by atoms with Crippen molar-refractivity contribution in [2.24, 2.45) is 5.92 Å². The molecule has 2 aromatic carbocycles. The van der Waals surface area contributed by atoms with E-state index in [9.17, 15) is 4.79 Å². The molecule has 1 fully saturated rings. The van der Waals surface area contributed by atoms with Crippen LogP contribution in [-0.2, 0) is 24.1 Å². The Morgan fingerprint density at radius 2 is 1.40 bits per heavy atom. The molecule has 0 saturated heterocycles. The molecule has 1 aliphatic rings. The Morgan fingerprint density at radius 1 is 0.827 bits per heavy atom. The van der Waals surface area contributed by atoms with E-state index in [0.29, 0.717) is 13.1 Å². The molecule has 5 nitrogen and oxygen atoms in total. The molecule has 1 atom stereocenters. The summed E-state index contributed by atoms with van der Waals surface area (Å²) in [5.41, 5.74) is 11.0. The summed E-state index contributed by atoms with van der Waals surface area (Å²) in [7, 11) is 4.04. The van der Waals surface area contributed by atoms with E-state index in [0.717, 1.165) is 57.4 Å². The highest BCUT2D eigenvalue weighted by molar-refractivity contribution is 5.82. The predicted molar refractivity (Wildman–Crippen MR) is 231 cm³/mol. The molecule has 296 valence electrons. The first-order chi connectivity index (χ1) is 24.9. The molecule has 1 unspecified atom stereocenters. The van der Waals surface area contributed by atoms with Crippen molar-refractivity contribution in [2.45, 2.75) is 159 Å². The molecule has 5 heteroatoms. The van der Waals surface area contributed by atoms with Crippen LogP contribution in [0, 0.1) is 19.8 Å². The monoisotopic (exact) mass is 719 g/mol. The Hall–Kier alpha value is -3.05. The lowest BCUT2D eigenvalue weighted by Gasteiger charge is -2.25. The first-order valence-corrected chi connectivity index (χ1v) is 20.9. The average molecular weight is 719 g/mol. The third-order valence-corrected chi connectivity index (χ3v) is 9.33. The van der Waals surface area contributed by atoms with Gasteiger partial charge in [-0.2, -0.15) is 0 Å². The van der Waals surface area contributed by atoms with E-state index in [1.807, 2.05) is 14.1 Å². The predicted octanol–water partition coefficient (Wildman–Crippen LogP) is 11.3. The molecule has 3 rings (SSSR count). The second kappa shape index (κ2) is 30.4. The molecule has 1 saturated carbocycles. The van der Waals surface area contributed by atoms with Crippen LogP contribution in [0.25, 0.3) is 0 Å². The highest BCUT2D eigenvalue weighted by Gasteiger charge is 2.24. The van der Waals surface area contributed by atoms with E-state index >= 15 is 0 Å². The zero-order valence-electron chi connectivity index (χ0n) is 36.2. The van der Waals surface area contributed by atoms with Gasteiger partial charge in [-0.15, -0.1) is 0 Å². The van der Waals surface area contributed by atoms with Crippen LogP contribution in [0.5, 0.6) is 0 Å². The molecule has 0 bridgehead atoms. The van der Waals surface area contributed by atoms with Gasteiger partial charge < -0.3 is 20.9 Å². The van der Waals surface area contributed by atoms with Gasteiger partial charge in [-0.05, 0) is 114 Å². The van der Waals surface area contributed by atoms with Crippen molar-refractivity contribution in [3.63, 3.8) is 0 Å². The van der Waals surface area contributed by atoms with Gasteiger partial charge in [0.1, 0.15) is 6.04 Å². The second-order valence-corrected chi connectivity index (χ2v) is 14.8. The van der Waals surface area contributed by atoms with Crippen LogP contribution in [0.15, 0.2) is 65.5 Å². The molecule has 0 aliphatic heterocycles. The van der Waals surface area contributed by atoms with Crippen LogP contribution >= 0.6 is 0 Å². The van der Waals surface area contributed by atoms with E-state index in [2.05, 4.69) is 146 Å². The fourth-order valence-electron chi connectivity index (χ4n) is 5.66. The van der Waals surface area contributed by atoms with Gasteiger partial charge in [0.05, 0.1) is 6.54 Å².